The molecule has 7 heteroatoms. The first kappa shape index (κ1) is 20.5. The highest BCUT2D eigenvalue weighted by Gasteiger charge is 2.32. The Kier molecular flexibility index (Phi) is 6.49. The quantitative estimate of drug-likeness (QED) is 0.806. The van der Waals surface area contributed by atoms with Crippen LogP contribution in [-0.4, -0.2) is 55.8 Å². The molecule has 2 aromatic carbocycles. The maximum Gasteiger partial charge on any atom is 0.243 e. The van der Waals surface area contributed by atoms with Crippen molar-refractivity contribution in [3.05, 3.63) is 66.2 Å². The Labute approximate surface area is 167 Å². The Morgan fingerprint density at radius 3 is 2.00 bits per heavy atom. The Hall–Kier alpha value is -2.22. The van der Waals surface area contributed by atoms with E-state index in [4.69, 9.17) is 0 Å². The Bertz CT molecular complexity index is 880. The fourth-order valence-corrected chi connectivity index (χ4v) is 4.84. The van der Waals surface area contributed by atoms with Crippen molar-refractivity contribution in [2.24, 2.45) is 0 Å². The molecule has 28 heavy (non-hydrogen) atoms. The van der Waals surface area contributed by atoms with Gasteiger partial charge in [-0.2, -0.15) is 4.31 Å². The lowest BCUT2D eigenvalue weighted by Crippen LogP contribution is -2.55. The van der Waals surface area contributed by atoms with E-state index in [1.165, 1.54) is 4.31 Å². The standard InChI is InChI=1S/C21H27N3O3S/c1-17(19-9-5-3-6-10-19)22-21(25)18(2)23-13-15-24(16-14-23)28(26,27)20-11-7-4-8-12-20/h3-12,17-18H,13-16H2,1-2H3,(H,22,25)/t17-,18+/m1/s1. The molecular formula is C21H27N3O3S. The number of benzene rings is 2. The highest BCUT2D eigenvalue weighted by molar-refractivity contribution is 7.89. The average molecular weight is 402 g/mol. The van der Waals surface area contributed by atoms with E-state index in [0.717, 1.165) is 5.56 Å². The number of rotatable bonds is 6. The van der Waals surface area contributed by atoms with E-state index >= 15 is 0 Å². The number of nitrogens with zero attached hydrogens (tertiary/aromatic N) is 2. The van der Waals surface area contributed by atoms with Gasteiger partial charge in [0.2, 0.25) is 15.9 Å². The van der Waals surface area contributed by atoms with Crippen molar-refractivity contribution in [2.75, 3.05) is 26.2 Å². The molecule has 0 bridgehead atoms. The van der Waals surface area contributed by atoms with Gasteiger partial charge in [0.15, 0.2) is 0 Å². The first-order valence-electron chi connectivity index (χ1n) is 9.54. The number of hydrogen-bond acceptors (Lipinski definition) is 4. The molecule has 1 heterocycles. The molecule has 3 rings (SSSR count). The van der Waals surface area contributed by atoms with Crippen LogP contribution in [0, 0.1) is 0 Å². The van der Waals surface area contributed by atoms with Crippen LogP contribution in [-0.2, 0) is 14.8 Å². The van der Waals surface area contributed by atoms with E-state index < -0.39 is 10.0 Å². The second-order valence-corrected chi connectivity index (χ2v) is 9.01. The van der Waals surface area contributed by atoms with Gasteiger partial charge >= 0.3 is 0 Å². The van der Waals surface area contributed by atoms with Crippen LogP contribution in [0.15, 0.2) is 65.6 Å². The molecule has 1 amide bonds. The summed E-state index contributed by atoms with van der Waals surface area (Å²) in [5, 5.41) is 3.05. The maximum absolute atomic E-state index is 12.7. The molecule has 1 saturated heterocycles. The summed E-state index contributed by atoms with van der Waals surface area (Å²) in [4.78, 5) is 15.0. The Morgan fingerprint density at radius 2 is 1.43 bits per heavy atom. The molecule has 1 aliphatic rings. The molecule has 0 spiro atoms. The van der Waals surface area contributed by atoms with Crippen LogP contribution in [0.4, 0.5) is 0 Å². The number of piperazine rings is 1. The number of carbonyl (C=O) groups excluding carboxylic acids is 1. The first-order valence-corrected chi connectivity index (χ1v) is 11.0. The van der Waals surface area contributed by atoms with Crippen LogP contribution in [0.3, 0.4) is 0 Å². The minimum absolute atomic E-state index is 0.0456. The van der Waals surface area contributed by atoms with Crippen molar-refractivity contribution in [3.8, 4) is 0 Å². The Balaban J connectivity index is 1.56. The molecule has 0 saturated carbocycles. The van der Waals surface area contributed by atoms with Crippen molar-refractivity contribution in [1.82, 2.24) is 14.5 Å². The van der Waals surface area contributed by atoms with Gasteiger partial charge in [-0.15, -0.1) is 0 Å². The van der Waals surface area contributed by atoms with Crippen LogP contribution in [0.25, 0.3) is 0 Å². The molecule has 150 valence electrons. The zero-order chi connectivity index (χ0) is 20.1. The third kappa shape index (κ3) is 4.60. The van der Waals surface area contributed by atoms with Gasteiger partial charge in [-0.25, -0.2) is 8.42 Å². The molecule has 2 aromatic rings. The van der Waals surface area contributed by atoms with Crippen molar-refractivity contribution in [3.63, 3.8) is 0 Å². The smallest absolute Gasteiger partial charge is 0.243 e. The topological polar surface area (TPSA) is 69.7 Å². The average Bonchev–Trinajstić information content (AvgIpc) is 2.74. The molecule has 1 N–H and O–H groups in total. The monoisotopic (exact) mass is 401 g/mol. The van der Waals surface area contributed by atoms with E-state index in [-0.39, 0.29) is 18.0 Å². The number of amides is 1. The summed E-state index contributed by atoms with van der Waals surface area (Å²) in [5.41, 5.74) is 1.06. The molecule has 2 atom stereocenters. The summed E-state index contributed by atoms with van der Waals surface area (Å²) < 4.78 is 27.0. The van der Waals surface area contributed by atoms with Gasteiger partial charge in [0, 0.05) is 26.2 Å². The number of carbonyl (C=O) groups is 1. The van der Waals surface area contributed by atoms with Crippen LogP contribution >= 0.6 is 0 Å². The molecule has 0 aliphatic carbocycles. The van der Waals surface area contributed by atoms with Crippen molar-refractivity contribution in [2.45, 2.75) is 30.8 Å². The van der Waals surface area contributed by atoms with Crippen LogP contribution in [0.1, 0.15) is 25.5 Å². The van der Waals surface area contributed by atoms with Gasteiger partial charge in [0.05, 0.1) is 17.0 Å². The Morgan fingerprint density at radius 1 is 0.893 bits per heavy atom. The summed E-state index contributed by atoms with van der Waals surface area (Å²) >= 11 is 0. The van der Waals surface area contributed by atoms with Crippen LogP contribution < -0.4 is 5.32 Å². The summed E-state index contributed by atoms with van der Waals surface area (Å²) in [6, 6.07) is 17.9. The fraction of sp³-hybridized carbons (Fsp3) is 0.381. The summed E-state index contributed by atoms with van der Waals surface area (Å²) in [7, 11) is -3.48. The van der Waals surface area contributed by atoms with E-state index in [1.807, 2.05) is 49.1 Å². The van der Waals surface area contributed by atoms with Crippen LogP contribution in [0.5, 0.6) is 0 Å². The van der Waals surface area contributed by atoms with Crippen molar-refractivity contribution < 1.29 is 13.2 Å². The van der Waals surface area contributed by atoms with Gasteiger partial charge in [-0.3, -0.25) is 9.69 Å². The fourth-order valence-electron chi connectivity index (χ4n) is 3.40. The minimum atomic E-state index is -3.48. The summed E-state index contributed by atoms with van der Waals surface area (Å²) in [5.74, 6) is -0.0456. The third-order valence-electron chi connectivity index (χ3n) is 5.24. The predicted molar refractivity (Wildman–Crippen MR) is 109 cm³/mol. The number of nitrogens with one attached hydrogen (secondary N) is 1. The minimum Gasteiger partial charge on any atom is -0.348 e. The van der Waals surface area contributed by atoms with Crippen molar-refractivity contribution >= 4 is 15.9 Å². The van der Waals surface area contributed by atoms with E-state index in [9.17, 15) is 13.2 Å². The van der Waals surface area contributed by atoms with E-state index in [1.54, 1.807) is 30.3 Å². The zero-order valence-corrected chi connectivity index (χ0v) is 17.1. The number of hydrogen-bond donors (Lipinski definition) is 1. The van der Waals surface area contributed by atoms with Crippen molar-refractivity contribution in [1.29, 1.82) is 0 Å². The van der Waals surface area contributed by atoms with E-state index in [2.05, 4.69) is 5.32 Å². The molecule has 0 radical (unpaired) electrons. The van der Waals surface area contributed by atoms with Crippen LogP contribution in [0.2, 0.25) is 0 Å². The molecule has 0 unspecified atom stereocenters. The largest absolute Gasteiger partial charge is 0.348 e. The number of sulfonamides is 1. The molecular weight excluding hydrogens is 374 g/mol. The predicted octanol–water partition coefficient (Wildman–Crippen LogP) is 2.26. The highest BCUT2D eigenvalue weighted by atomic mass is 32.2. The third-order valence-corrected chi connectivity index (χ3v) is 7.15. The maximum atomic E-state index is 12.7. The zero-order valence-electron chi connectivity index (χ0n) is 16.3. The second-order valence-electron chi connectivity index (χ2n) is 7.07. The molecule has 1 fully saturated rings. The molecule has 6 nitrogen and oxygen atoms in total. The summed E-state index contributed by atoms with van der Waals surface area (Å²) in [6.07, 6.45) is 0. The lowest BCUT2D eigenvalue weighted by Gasteiger charge is -2.37. The SMILES string of the molecule is C[C@@H](NC(=O)[C@H](C)N1CCN(S(=O)(=O)c2ccccc2)CC1)c1ccccc1. The lowest BCUT2D eigenvalue weighted by atomic mass is 10.1. The first-order chi connectivity index (χ1) is 13.4. The van der Waals surface area contributed by atoms with Gasteiger partial charge in [-0.1, -0.05) is 48.5 Å². The van der Waals surface area contributed by atoms with Gasteiger partial charge < -0.3 is 5.32 Å². The molecule has 0 aromatic heterocycles. The summed E-state index contributed by atoms with van der Waals surface area (Å²) in [6.45, 7) is 5.64. The van der Waals surface area contributed by atoms with Gasteiger partial charge in [0.25, 0.3) is 0 Å². The highest BCUT2D eigenvalue weighted by Crippen LogP contribution is 2.18. The van der Waals surface area contributed by atoms with Gasteiger partial charge in [-0.05, 0) is 31.5 Å². The lowest BCUT2D eigenvalue weighted by molar-refractivity contribution is -0.127. The molecule has 1 aliphatic heterocycles. The normalized spacial score (nSPS) is 18.4. The van der Waals surface area contributed by atoms with E-state index in [0.29, 0.717) is 31.1 Å². The van der Waals surface area contributed by atoms with Gasteiger partial charge in [0.1, 0.15) is 0 Å². The second kappa shape index (κ2) is 8.86.